The smallest absolute Gasteiger partial charge is 0.254 e. The van der Waals surface area contributed by atoms with E-state index in [2.05, 4.69) is 9.97 Å². The molecule has 0 spiro atoms. The Morgan fingerprint density at radius 2 is 2.16 bits per heavy atom. The van der Waals surface area contributed by atoms with Crippen molar-refractivity contribution in [1.29, 1.82) is 0 Å². The summed E-state index contributed by atoms with van der Waals surface area (Å²) in [6, 6.07) is 5.38. The van der Waals surface area contributed by atoms with Gasteiger partial charge in [0.1, 0.15) is 0 Å². The summed E-state index contributed by atoms with van der Waals surface area (Å²) < 4.78 is 26.4. The second-order valence-electron chi connectivity index (χ2n) is 3.92. The number of rotatable bonds is 4. The zero-order valence-corrected chi connectivity index (χ0v) is 12.8. The number of hydrogen-bond donors (Lipinski definition) is 0. The van der Waals surface area contributed by atoms with Crippen LogP contribution in [0.15, 0.2) is 28.6 Å². The van der Waals surface area contributed by atoms with Crippen LogP contribution in [0.2, 0.25) is 4.47 Å². The lowest BCUT2D eigenvalue weighted by Gasteiger charge is -2.15. The third-order valence-corrected chi connectivity index (χ3v) is 6.14. The van der Waals surface area contributed by atoms with E-state index >= 15 is 0 Å². The molecule has 0 N–H and O–H groups in total. The van der Waals surface area contributed by atoms with Crippen LogP contribution in [0.1, 0.15) is 11.4 Å². The third-order valence-electron chi connectivity index (χ3n) is 2.48. The van der Waals surface area contributed by atoms with Gasteiger partial charge in [0.15, 0.2) is 8.68 Å². The van der Waals surface area contributed by atoms with Gasteiger partial charge in [-0.05, 0) is 19.1 Å². The zero-order chi connectivity index (χ0) is 14.0. The minimum absolute atomic E-state index is 0.177. The van der Waals surface area contributed by atoms with E-state index in [4.69, 9.17) is 11.6 Å². The fraction of sp³-hybridized carbons (Fsp3) is 0.273. The van der Waals surface area contributed by atoms with Gasteiger partial charge in [-0.15, -0.1) is 0 Å². The number of halogens is 1. The first-order valence-electron chi connectivity index (χ1n) is 5.40. The molecule has 0 amide bonds. The number of hydrogen-bond acceptors (Lipinski definition) is 5. The van der Waals surface area contributed by atoms with E-state index in [0.717, 1.165) is 11.3 Å². The molecule has 0 unspecified atom stereocenters. The second-order valence-corrected chi connectivity index (χ2v) is 7.74. The summed E-state index contributed by atoms with van der Waals surface area (Å²) in [6.45, 7) is 1.84. The van der Waals surface area contributed by atoms with Crippen molar-refractivity contribution in [3.63, 3.8) is 0 Å². The van der Waals surface area contributed by atoms with Crippen LogP contribution in [0.4, 0.5) is 0 Å². The van der Waals surface area contributed by atoms with Gasteiger partial charge in [-0.25, -0.2) is 13.4 Å². The van der Waals surface area contributed by atoms with Gasteiger partial charge in [0.05, 0.1) is 17.9 Å². The average Bonchev–Trinajstić information content (AvgIpc) is 2.70. The van der Waals surface area contributed by atoms with E-state index in [-0.39, 0.29) is 15.2 Å². The lowest BCUT2D eigenvalue weighted by Crippen LogP contribution is -2.26. The summed E-state index contributed by atoms with van der Waals surface area (Å²) >= 11 is 6.71. The Balaban J connectivity index is 2.27. The van der Waals surface area contributed by atoms with Crippen LogP contribution in [0.5, 0.6) is 0 Å². The molecule has 2 rings (SSSR count). The van der Waals surface area contributed by atoms with Crippen molar-refractivity contribution in [2.24, 2.45) is 0 Å². The first-order chi connectivity index (χ1) is 8.91. The quantitative estimate of drug-likeness (QED) is 0.868. The molecule has 0 saturated heterocycles. The van der Waals surface area contributed by atoms with E-state index in [1.165, 1.54) is 11.4 Å². The van der Waals surface area contributed by atoms with E-state index < -0.39 is 10.0 Å². The van der Waals surface area contributed by atoms with Crippen LogP contribution in [0, 0.1) is 6.92 Å². The molecule has 0 fully saturated rings. The maximum absolute atomic E-state index is 12.4. The molecule has 2 aromatic rings. The third kappa shape index (κ3) is 3.11. The minimum atomic E-state index is -3.58. The summed E-state index contributed by atoms with van der Waals surface area (Å²) in [4.78, 5) is 8.04. The van der Waals surface area contributed by atoms with Crippen molar-refractivity contribution in [1.82, 2.24) is 14.3 Å². The molecule has 102 valence electrons. The van der Waals surface area contributed by atoms with E-state index in [0.29, 0.717) is 11.4 Å². The minimum Gasteiger partial charge on any atom is -0.260 e. The molecule has 19 heavy (non-hydrogen) atoms. The summed E-state index contributed by atoms with van der Waals surface area (Å²) in [5.41, 5.74) is 1.10. The largest absolute Gasteiger partial charge is 0.260 e. The van der Waals surface area contributed by atoms with Gasteiger partial charge >= 0.3 is 0 Å². The van der Waals surface area contributed by atoms with E-state index in [9.17, 15) is 8.42 Å². The van der Waals surface area contributed by atoms with Crippen molar-refractivity contribution in [2.75, 3.05) is 7.05 Å². The predicted octanol–water partition coefficient (Wildman–Crippen LogP) is 2.32. The van der Waals surface area contributed by atoms with Crippen LogP contribution < -0.4 is 0 Å². The number of aryl methyl sites for hydroxylation is 1. The van der Waals surface area contributed by atoms with Gasteiger partial charge < -0.3 is 0 Å². The lowest BCUT2D eigenvalue weighted by atomic mass is 10.3. The second kappa shape index (κ2) is 5.54. The van der Waals surface area contributed by atoms with Crippen LogP contribution in [-0.2, 0) is 16.6 Å². The summed E-state index contributed by atoms with van der Waals surface area (Å²) in [6.07, 6.45) is 1.63. The van der Waals surface area contributed by atoms with Crippen LogP contribution >= 0.6 is 22.9 Å². The molecule has 0 aliphatic carbocycles. The lowest BCUT2D eigenvalue weighted by molar-refractivity contribution is 0.463. The van der Waals surface area contributed by atoms with Gasteiger partial charge in [-0.2, -0.15) is 4.31 Å². The molecule has 2 aromatic heterocycles. The number of sulfonamides is 1. The standard InChI is InChI=1S/C11H12ClN3O2S2/c1-8-10(18-11(12)14-8)19(16,17)15(2)7-9-5-3-4-6-13-9/h3-6H,7H2,1-2H3. The van der Waals surface area contributed by atoms with Crippen LogP contribution in [0.25, 0.3) is 0 Å². The summed E-state index contributed by atoms with van der Waals surface area (Å²) in [5.74, 6) is 0. The SMILES string of the molecule is Cc1nc(Cl)sc1S(=O)(=O)N(C)Cc1ccccn1. The molecule has 0 saturated carbocycles. The van der Waals surface area contributed by atoms with Gasteiger partial charge in [0, 0.05) is 13.2 Å². The maximum Gasteiger partial charge on any atom is 0.254 e. The molecule has 2 heterocycles. The highest BCUT2D eigenvalue weighted by molar-refractivity contribution is 7.91. The molecule has 0 aliphatic heterocycles. The van der Waals surface area contributed by atoms with E-state index in [1.54, 1.807) is 25.3 Å². The fourth-order valence-electron chi connectivity index (χ4n) is 1.54. The molecular weight excluding hydrogens is 306 g/mol. The first-order valence-corrected chi connectivity index (χ1v) is 8.04. The summed E-state index contributed by atoms with van der Waals surface area (Å²) in [7, 11) is -2.07. The topological polar surface area (TPSA) is 63.2 Å². The Hall–Kier alpha value is -1.02. The number of thiazole rings is 1. The maximum atomic E-state index is 12.4. The predicted molar refractivity (Wildman–Crippen MR) is 74.8 cm³/mol. The summed E-state index contributed by atoms with van der Waals surface area (Å²) in [5, 5.41) is 0. The number of nitrogens with zero attached hydrogens (tertiary/aromatic N) is 3. The van der Waals surface area contributed by atoms with Crippen LogP contribution in [-0.4, -0.2) is 29.7 Å². The van der Waals surface area contributed by atoms with Crippen LogP contribution in [0.3, 0.4) is 0 Å². The highest BCUT2D eigenvalue weighted by atomic mass is 35.5. The monoisotopic (exact) mass is 317 g/mol. The van der Waals surface area contributed by atoms with Gasteiger partial charge in [0.25, 0.3) is 10.0 Å². The Morgan fingerprint density at radius 1 is 1.42 bits per heavy atom. The molecule has 8 heteroatoms. The highest BCUT2D eigenvalue weighted by Gasteiger charge is 2.26. The normalized spacial score (nSPS) is 12.0. The Morgan fingerprint density at radius 3 is 2.68 bits per heavy atom. The van der Waals surface area contributed by atoms with Gasteiger partial charge in [-0.1, -0.05) is 29.0 Å². The Labute approximate surface area is 120 Å². The molecule has 0 aliphatic rings. The van der Waals surface area contributed by atoms with Crippen molar-refractivity contribution in [3.8, 4) is 0 Å². The van der Waals surface area contributed by atoms with Crippen molar-refractivity contribution in [3.05, 3.63) is 40.3 Å². The molecule has 5 nitrogen and oxygen atoms in total. The fourth-order valence-corrected chi connectivity index (χ4v) is 4.60. The molecule has 0 bridgehead atoms. The van der Waals surface area contributed by atoms with Crippen molar-refractivity contribution in [2.45, 2.75) is 17.7 Å². The Kier molecular flexibility index (Phi) is 4.19. The first kappa shape index (κ1) is 14.4. The number of aromatic nitrogens is 2. The molecule has 0 atom stereocenters. The highest BCUT2D eigenvalue weighted by Crippen LogP contribution is 2.29. The number of pyridine rings is 1. The molecule has 0 aromatic carbocycles. The van der Waals surface area contributed by atoms with Crippen molar-refractivity contribution >= 4 is 33.0 Å². The zero-order valence-electron chi connectivity index (χ0n) is 10.4. The molecular formula is C11H12ClN3O2S2. The van der Waals surface area contributed by atoms with Gasteiger partial charge in [-0.3, -0.25) is 4.98 Å². The molecule has 0 radical (unpaired) electrons. The van der Waals surface area contributed by atoms with Gasteiger partial charge in [0.2, 0.25) is 0 Å². The van der Waals surface area contributed by atoms with Crippen molar-refractivity contribution < 1.29 is 8.42 Å². The average molecular weight is 318 g/mol. The van der Waals surface area contributed by atoms with E-state index in [1.807, 2.05) is 6.07 Å². The Bertz CT molecular complexity index is 671.